The van der Waals surface area contributed by atoms with E-state index in [4.69, 9.17) is 20.9 Å². The second-order valence-corrected chi connectivity index (χ2v) is 7.63. The Hall–Kier alpha value is -1.83. The van der Waals surface area contributed by atoms with Crippen LogP contribution in [0.5, 0.6) is 0 Å². The van der Waals surface area contributed by atoms with E-state index in [1.807, 2.05) is 6.07 Å². The quantitative estimate of drug-likeness (QED) is 0.541. The van der Waals surface area contributed by atoms with Gasteiger partial charge in [-0.15, -0.1) is 0 Å². The number of amides is 1. The molecule has 0 fully saturated rings. The largest absolute Gasteiger partial charge is 0.469 e. The van der Waals surface area contributed by atoms with Crippen molar-refractivity contribution in [2.24, 2.45) is 0 Å². The number of furan rings is 1. The molecule has 0 radical (unpaired) electrons. The van der Waals surface area contributed by atoms with Crippen molar-refractivity contribution in [1.29, 1.82) is 0 Å². The summed E-state index contributed by atoms with van der Waals surface area (Å²) in [4.78, 5) is 16.8. The third kappa shape index (κ3) is 5.99. The lowest BCUT2D eigenvalue weighted by Gasteiger charge is -2.07. The summed E-state index contributed by atoms with van der Waals surface area (Å²) in [7, 11) is -3.56. The molecular formula is C16H18ClNO5S. The first kappa shape index (κ1) is 18.5. The maximum atomic E-state index is 12.1. The second kappa shape index (κ2) is 8.86. The van der Waals surface area contributed by atoms with Crippen molar-refractivity contribution in [3.05, 3.63) is 53.4 Å². The Labute approximate surface area is 145 Å². The van der Waals surface area contributed by atoms with Gasteiger partial charge in [-0.05, 0) is 36.8 Å². The van der Waals surface area contributed by atoms with E-state index >= 15 is 0 Å². The molecule has 6 nitrogen and oxygen atoms in total. The molecule has 1 aromatic heterocycles. The molecule has 2 aromatic rings. The van der Waals surface area contributed by atoms with Gasteiger partial charge in [-0.25, -0.2) is 13.9 Å². The lowest BCUT2D eigenvalue weighted by Crippen LogP contribution is -2.26. The summed E-state index contributed by atoms with van der Waals surface area (Å²) in [5.41, 5.74) is 2.24. The van der Waals surface area contributed by atoms with E-state index < -0.39 is 15.7 Å². The molecule has 1 aromatic carbocycles. The zero-order valence-electron chi connectivity index (χ0n) is 12.9. The highest BCUT2D eigenvalue weighted by atomic mass is 35.5. The molecule has 2 rings (SSSR count). The van der Waals surface area contributed by atoms with Crippen LogP contribution in [0.25, 0.3) is 0 Å². The minimum absolute atomic E-state index is 0.0992. The SMILES string of the molecule is O=C(CCS(=O)(=O)c1cccc(Cl)c1)NOCCCc1ccco1. The first-order chi connectivity index (χ1) is 11.5. The molecule has 0 saturated heterocycles. The summed E-state index contributed by atoms with van der Waals surface area (Å²) >= 11 is 5.78. The van der Waals surface area contributed by atoms with Gasteiger partial charge in [0.1, 0.15) is 5.76 Å². The first-order valence-corrected chi connectivity index (χ1v) is 9.42. The minimum atomic E-state index is -3.56. The maximum absolute atomic E-state index is 12.1. The Morgan fingerprint density at radius 2 is 2.08 bits per heavy atom. The fourth-order valence-electron chi connectivity index (χ4n) is 1.96. The Morgan fingerprint density at radius 1 is 1.25 bits per heavy atom. The molecule has 0 saturated carbocycles. The predicted molar refractivity (Wildman–Crippen MR) is 89.2 cm³/mol. The van der Waals surface area contributed by atoms with E-state index in [9.17, 15) is 13.2 Å². The van der Waals surface area contributed by atoms with Gasteiger partial charge in [0.15, 0.2) is 9.84 Å². The van der Waals surface area contributed by atoms with Gasteiger partial charge >= 0.3 is 0 Å². The first-order valence-electron chi connectivity index (χ1n) is 7.39. The Balaban J connectivity index is 1.67. The maximum Gasteiger partial charge on any atom is 0.244 e. The van der Waals surface area contributed by atoms with E-state index in [1.165, 1.54) is 12.1 Å². The molecule has 1 N–H and O–H groups in total. The summed E-state index contributed by atoms with van der Waals surface area (Å²) in [5.74, 6) is 0.0470. The van der Waals surface area contributed by atoms with Crippen molar-refractivity contribution < 1.29 is 22.5 Å². The van der Waals surface area contributed by atoms with E-state index in [0.29, 0.717) is 24.5 Å². The number of rotatable bonds is 9. The topological polar surface area (TPSA) is 85.6 Å². The van der Waals surface area contributed by atoms with Crippen molar-refractivity contribution in [2.45, 2.75) is 24.2 Å². The summed E-state index contributed by atoms with van der Waals surface area (Å²) in [6.45, 7) is 0.313. The van der Waals surface area contributed by atoms with Gasteiger partial charge in [-0.3, -0.25) is 9.63 Å². The number of hydrogen-bond acceptors (Lipinski definition) is 5. The molecule has 0 atom stereocenters. The van der Waals surface area contributed by atoms with Gasteiger partial charge in [-0.2, -0.15) is 0 Å². The lowest BCUT2D eigenvalue weighted by atomic mass is 10.3. The number of hydroxylamine groups is 1. The van der Waals surface area contributed by atoms with Crippen LogP contribution in [-0.4, -0.2) is 26.7 Å². The average molecular weight is 372 g/mol. The van der Waals surface area contributed by atoms with Gasteiger partial charge in [0, 0.05) is 17.9 Å². The van der Waals surface area contributed by atoms with Crippen molar-refractivity contribution >= 4 is 27.3 Å². The van der Waals surface area contributed by atoms with Crippen LogP contribution in [0.3, 0.4) is 0 Å². The number of benzene rings is 1. The van der Waals surface area contributed by atoms with Crippen molar-refractivity contribution in [2.75, 3.05) is 12.4 Å². The highest BCUT2D eigenvalue weighted by Crippen LogP contribution is 2.17. The number of halogens is 1. The van der Waals surface area contributed by atoms with Gasteiger partial charge in [0.2, 0.25) is 5.91 Å². The average Bonchev–Trinajstić information content (AvgIpc) is 3.06. The van der Waals surface area contributed by atoms with Crippen molar-refractivity contribution in [3.63, 3.8) is 0 Å². The molecule has 0 unspecified atom stereocenters. The number of carbonyl (C=O) groups is 1. The van der Waals surface area contributed by atoms with E-state index in [-0.39, 0.29) is 17.1 Å². The Bertz CT molecular complexity index is 759. The highest BCUT2D eigenvalue weighted by Gasteiger charge is 2.16. The van der Waals surface area contributed by atoms with Crippen LogP contribution in [0, 0.1) is 0 Å². The molecule has 130 valence electrons. The Kier molecular flexibility index (Phi) is 6.84. The minimum Gasteiger partial charge on any atom is -0.469 e. The van der Waals surface area contributed by atoms with Gasteiger partial charge < -0.3 is 4.42 Å². The molecule has 0 aliphatic rings. The predicted octanol–water partition coefficient (Wildman–Crippen LogP) is 2.78. The number of aryl methyl sites for hydroxylation is 1. The zero-order valence-corrected chi connectivity index (χ0v) is 14.5. The smallest absolute Gasteiger partial charge is 0.244 e. The van der Waals surface area contributed by atoms with E-state index in [0.717, 1.165) is 5.76 Å². The Morgan fingerprint density at radius 3 is 2.79 bits per heavy atom. The fourth-order valence-corrected chi connectivity index (χ4v) is 3.50. The van der Waals surface area contributed by atoms with Crippen molar-refractivity contribution in [3.8, 4) is 0 Å². The van der Waals surface area contributed by atoms with Crippen LogP contribution in [0.4, 0.5) is 0 Å². The standard InChI is InChI=1S/C16H18ClNO5S/c17-13-4-1-7-15(12-13)24(20,21)11-8-16(19)18-23-10-3-6-14-5-2-9-22-14/h1-2,4-5,7,9,12H,3,6,8,10-11H2,(H,18,19). The summed E-state index contributed by atoms with van der Waals surface area (Å²) in [5, 5.41) is 0.334. The molecule has 24 heavy (non-hydrogen) atoms. The van der Waals surface area contributed by atoms with Crippen LogP contribution in [0.15, 0.2) is 52.0 Å². The molecule has 8 heteroatoms. The summed E-state index contributed by atoms with van der Waals surface area (Å²) < 4.78 is 29.4. The third-order valence-corrected chi connectivity index (χ3v) is 5.14. The number of hydrogen-bond donors (Lipinski definition) is 1. The fraction of sp³-hybridized carbons (Fsp3) is 0.312. The number of sulfone groups is 1. The van der Waals surface area contributed by atoms with Gasteiger partial charge in [0.25, 0.3) is 0 Å². The molecule has 0 aliphatic carbocycles. The normalized spacial score (nSPS) is 11.4. The van der Waals surface area contributed by atoms with E-state index in [2.05, 4.69) is 5.48 Å². The molecule has 0 aliphatic heterocycles. The molecular weight excluding hydrogens is 354 g/mol. The van der Waals surface area contributed by atoms with Crippen LogP contribution in [-0.2, 0) is 25.9 Å². The van der Waals surface area contributed by atoms with Crippen LogP contribution >= 0.6 is 11.6 Å². The summed E-state index contributed by atoms with van der Waals surface area (Å²) in [6.07, 6.45) is 2.78. The van der Waals surface area contributed by atoms with Gasteiger partial charge in [-0.1, -0.05) is 17.7 Å². The molecule has 0 spiro atoms. The molecule has 0 bridgehead atoms. The highest BCUT2D eigenvalue weighted by molar-refractivity contribution is 7.91. The van der Waals surface area contributed by atoms with Crippen LogP contribution in [0.2, 0.25) is 5.02 Å². The molecule has 1 amide bonds. The molecule has 1 heterocycles. The number of nitrogens with one attached hydrogen (secondary N) is 1. The lowest BCUT2D eigenvalue weighted by molar-refractivity contribution is -0.133. The van der Waals surface area contributed by atoms with Crippen LogP contribution in [0.1, 0.15) is 18.6 Å². The third-order valence-electron chi connectivity index (χ3n) is 3.19. The van der Waals surface area contributed by atoms with E-state index in [1.54, 1.807) is 24.5 Å². The summed E-state index contributed by atoms with van der Waals surface area (Å²) in [6, 6.07) is 9.61. The van der Waals surface area contributed by atoms with Crippen LogP contribution < -0.4 is 5.48 Å². The second-order valence-electron chi connectivity index (χ2n) is 5.08. The number of carbonyl (C=O) groups excluding carboxylic acids is 1. The van der Waals surface area contributed by atoms with Gasteiger partial charge in [0.05, 0.1) is 23.5 Å². The monoisotopic (exact) mass is 371 g/mol. The van der Waals surface area contributed by atoms with Crippen molar-refractivity contribution in [1.82, 2.24) is 5.48 Å². The zero-order chi connectivity index (χ0) is 17.4.